The molecule has 1 N–H and O–H groups in total. The topological polar surface area (TPSA) is 61.6 Å². The maximum Gasteiger partial charge on any atom is 0.228 e. The van der Waals surface area contributed by atoms with Gasteiger partial charge in [0.05, 0.1) is 0 Å². The molecule has 0 radical (unpaired) electrons. The van der Waals surface area contributed by atoms with E-state index in [2.05, 4.69) is 15.3 Å². The van der Waals surface area contributed by atoms with E-state index in [0.29, 0.717) is 11.6 Å². The molecule has 4 heteroatoms. The number of aryl methyl sites for hydroxylation is 1. The normalized spacial score (nSPS) is 9.50. The highest BCUT2D eigenvalue weighted by Gasteiger charge is 2.01. The molecule has 0 spiro atoms. The van der Waals surface area contributed by atoms with Crippen molar-refractivity contribution in [1.82, 2.24) is 9.97 Å². The molecule has 2 aromatic rings. The van der Waals surface area contributed by atoms with Gasteiger partial charge in [0.2, 0.25) is 5.95 Å². The first-order chi connectivity index (χ1) is 7.78. The fourth-order valence-electron chi connectivity index (χ4n) is 1.33. The Morgan fingerprint density at radius 3 is 2.62 bits per heavy atom. The summed E-state index contributed by atoms with van der Waals surface area (Å²) in [6.07, 6.45) is 0. The van der Waals surface area contributed by atoms with Crippen LogP contribution >= 0.6 is 0 Å². The molecular formula is C12H10N4. The lowest BCUT2D eigenvalue weighted by atomic mass is 10.3. The van der Waals surface area contributed by atoms with Crippen LogP contribution in [0.5, 0.6) is 0 Å². The van der Waals surface area contributed by atoms with Crippen LogP contribution in [0.2, 0.25) is 0 Å². The van der Waals surface area contributed by atoms with Gasteiger partial charge in [-0.15, -0.1) is 0 Å². The second kappa shape index (κ2) is 4.41. The highest BCUT2D eigenvalue weighted by Crippen LogP contribution is 2.12. The van der Waals surface area contributed by atoms with E-state index in [1.54, 1.807) is 6.07 Å². The monoisotopic (exact) mass is 210 g/mol. The highest BCUT2D eigenvalue weighted by molar-refractivity contribution is 5.53. The van der Waals surface area contributed by atoms with Crippen molar-refractivity contribution < 1.29 is 0 Å². The zero-order valence-electron chi connectivity index (χ0n) is 8.81. The summed E-state index contributed by atoms with van der Waals surface area (Å²) >= 11 is 0. The van der Waals surface area contributed by atoms with Crippen molar-refractivity contribution in [2.24, 2.45) is 0 Å². The van der Waals surface area contributed by atoms with Gasteiger partial charge in [-0.05, 0) is 25.1 Å². The summed E-state index contributed by atoms with van der Waals surface area (Å²) in [5, 5.41) is 11.8. The van der Waals surface area contributed by atoms with Gasteiger partial charge in [0, 0.05) is 11.4 Å². The van der Waals surface area contributed by atoms with Gasteiger partial charge in [-0.3, -0.25) is 0 Å². The Morgan fingerprint density at radius 2 is 1.94 bits per heavy atom. The van der Waals surface area contributed by atoms with Crippen LogP contribution in [0.15, 0.2) is 36.4 Å². The molecule has 0 atom stereocenters. The van der Waals surface area contributed by atoms with E-state index in [1.165, 1.54) is 0 Å². The van der Waals surface area contributed by atoms with E-state index in [0.717, 1.165) is 11.4 Å². The lowest BCUT2D eigenvalue weighted by Crippen LogP contribution is -1.99. The van der Waals surface area contributed by atoms with Gasteiger partial charge in [0.1, 0.15) is 11.8 Å². The zero-order valence-corrected chi connectivity index (χ0v) is 8.81. The third kappa shape index (κ3) is 2.34. The van der Waals surface area contributed by atoms with Crippen LogP contribution in [0.1, 0.15) is 11.4 Å². The number of nitrogens with one attached hydrogen (secondary N) is 1. The molecule has 0 unspecified atom stereocenters. The molecule has 0 bridgehead atoms. The van der Waals surface area contributed by atoms with Crippen molar-refractivity contribution in [2.45, 2.75) is 6.92 Å². The van der Waals surface area contributed by atoms with E-state index in [-0.39, 0.29) is 0 Å². The lowest BCUT2D eigenvalue weighted by molar-refractivity contribution is 1.09. The first-order valence-electron chi connectivity index (χ1n) is 4.86. The molecule has 4 nitrogen and oxygen atoms in total. The Balaban J connectivity index is 2.29. The fraction of sp³-hybridized carbons (Fsp3) is 0.0833. The molecule has 0 fully saturated rings. The zero-order chi connectivity index (χ0) is 11.4. The number of rotatable bonds is 2. The third-order valence-electron chi connectivity index (χ3n) is 2.00. The average molecular weight is 210 g/mol. The number of hydrogen-bond acceptors (Lipinski definition) is 4. The van der Waals surface area contributed by atoms with Crippen LogP contribution in [0.4, 0.5) is 11.6 Å². The van der Waals surface area contributed by atoms with Crippen LogP contribution in [-0.2, 0) is 0 Å². The predicted octanol–water partition coefficient (Wildman–Crippen LogP) is 2.40. The summed E-state index contributed by atoms with van der Waals surface area (Å²) in [6.45, 7) is 1.83. The summed E-state index contributed by atoms with van der Waals surface area (Å²) in [5.74, 6) is 0.447. The second-order valence-corrected chi connectivity index (χ2v) is 3.32. The minimum Gasteiger partial charge on any atom is -0.324 e. The predicted molar refractivity (Wildman–Crippen MR) is 61.2 cm³/mol. The maximum atomic E-state index is 8.78. The molecule has 0 saturated carbocycles. The quantitative estimate of drug-likeness (QED) is 0.826. The first-order valence-corrected chi connectivity index (χ1v) is 4.86. The first kappa shape index (κ1) is 10.1. The van der Waals surface area contributed by atoms with Crippen molar-refractivity contribution in [2.75, 3.05) is 5.32 Å². The Hall–Kier alpha value is -2.41. The Kier molecular flexibility index (Phi) is 2.79. The number of nitrogens with zero attached hydrogens (tertiary/aromatic N) is 3. The van der Waals surface area contributed by atoms with Crippen LogP contribution < -0.4 is 5.32 Å². The summed E-state index contributed by atoms with van der Waals surface area (Å²) in [5.41, 5.74) is 2.04. The molecule has 0 aliphatic carbocycles. The number of benzene rings is 1. The molecule has 0 amide bonds. The van der Waals surface area contributed by atoms with Crippen LogP contribution in [-0.4, -0.2) is 9.97 Å². The Labute approximate surface area is 93.6 Å². The van der Waals surface area contributed by atoms with E-state index >= 15 is 0 Å². The smallest absolute Gasteiger partial charge is 0.228 e. The molecule has 1 heterocycles. The van der Waals surface area contributed by atoms with Crippen LogP contribution in [0.3, 0.4) is 0 Å². The number of anilines is 2. The van der Waals surface area contributed by atoms with Crippen molar-refractivity contribution in [3.05, 3.63) is 47.8 Å². The van der Waals surface area contributed by atoms with Crippen molar-refractivity contribution in [3.8, 4) is 6.07 Å². The van der Waals surface area contributed by atoms with Crippen LogP contribution in [0.25, 0.3) is 0 Å². The van der Waals surface area contributed by atoms with Gasteiger partial charge in [0.25, 0.3) is 0 Å². The number of aromatic nitrogens is 2. The third-order valence-corrected chi connectivity index (χ3v) is 2.00. The molecule has 1 aromatic heterocycles. The summed E-state index contributed by atoms with van der Waals surface area (Å²) in [6, 6.07) is 13.3. The number of para-hydroxylation sites is 1. The van der Waals surface area contributed by atoms with Gasteiger partial charge in [-0.25, -0.2) is 9.97 Å². The summed E-state index contributed by atoms with van der Waals surface area (Å²) < 4.78 is 0. The van der Waals surface area contributed by atoms with E-state index in [4.69, 9.17) is 5.26 Å². The molecule has 1 aromatic carbocycles. The summed E-state index contributed by atoms with van der Waals surface area (Å²) in [7, 11) is 0. The Bertz CT molecular complexity index is 528. The van der Waals surface area contributed by atoms with E-state index < -0.39 is 0 Å². The van der Waals surface area contributed by atoms with Crippen molar-refractivity contribution in [3.63, 3.8) is 0 Å². The lowest BCUT2D eigenvalue weighted by Gasteiger charge is -2.04. The fourth-order valence-corrected chi connectivity index (χ4v) is 1.33. The molecular weight excluding hydrogens is 200 g/mol. The van der Waals surface area contributed by atoms with Gasteiger partial charge in [0.15, 0.2) is 0 Å². The molecule has 2 rings (SSSR count). The van der Waals surface area contributed by atoms with Crippen molar-refractivity contribution in [1.29, 1.82) is 5.26 Å². The maximum absolute atomic E-state index is 8.78. The molecule has 16 heavy (non-hydrogen) atoms. The SMILES string of the molecule is Cc1cc(C#N)nc(Nc2ccccc2)n1. The van der Waals surface area contributed by atoms with Gasteiger partial charge >= 0.3 is 0 Å². The van der Waals surface area contributed by atoms with E-state index in [9.17, 15) is 0 Å². The highest BCUT2D eigenvalue weighted by atomic mass is 15.1. The van der Waals surface area contributed by atoms with Crippen molar-refractivity contribution >= 4 is 11.6 Å². The van der Waals surface area contributed by atoms with Gasteiger partial charge in [-0.1, -0.05) is 18.2 Å². The number of nitriles is 1. The minimum absolute atomic E-state index is 0.367. The second-order valence-electron chi connectivity index (χ2n) is 3.32. The van der Waals surface area contributed by atoms with Gasteiger partial charge < -0.3 is 5.32 Å². The van der Waals surface area contributed by atoms with Crippen LogP contribution in [0, 0.1) is 18.3 Å². The number of hydrogen-bond donors (Lipinski definition) is 1. The van der Waals surface area contributed by atoms with Gasteiger partial charge in [-0.2, -0.15) is 5.26 Å². The largest absolute Gasteiger partial charge is 0.324 e. The Morgan fingerprint density at radius 1 is 1.19 bits per heavy atom. The molecule has 0 saturated heterocycles. The average Bonchev–Trinajstić information content (AvgIpc) is 2.29. The molecule has 0 aliphatic rings. The molecule has 0 aliphatic heterocycles. The summed E-state index contributed by atoms with van der Waals surface area (Å²) in [4.78, 5) is 8.27. The van der Waals surface area contributed by atoms with E-state index in [1.807, 2.05) is 43.3 Å². The molecule has 78 valence electrons. The minimum atomic E-state index is 0.367. The standard InChI is InChI=1S/C12H10N4/c1-9-7-11(8-13)16-12(14-9)15-10-5-3-2-4-6-10/h2-7H,1H3,(H,14,15,16).